The largest absolute Gasteiger partial charge is 0.455 e. The molecule has 0 saturated carbocycles. The van der Waals surface area contributed by atoms with Crippen LogP contribution in [0.4, 0.5) is 5.69 Å². The van der Waals surface area contributed by atoms with Crippen LogP contribution in [-0.4, -0.2) is 10.9 Å². The Balaban J connectivity index is 2.02. The predicted octanol–water partition coefficient (Wildman–Crippen LogP) is 4.22. The number of non-ortho nitro benzene ring substituents is 1. The Labute approximate surface area is 134 Å². The number of benzene rings is 2. The van der Waals surface area contributed by atoms with E-state index in [0.717, 1.165) is 11.1 Å². The van der Waals surface area contributed by atoms with Crippen LogP contribution in [0.2, 0.25) is 0 Å². The molecule has 0 bridgehead atoms. The fraction of sp³-hybridized carbons (Fsp3) is 0.167. The monoisotopic (exact) mass is 311 g/mol. The lowest BCUT2D eigenvalue weighted by Gasteiger charge is -2.11. The molecule has 0 fully saturated rings. The highest BCUT2D eigenvalue weighted by molar-refractivity contribution is 5.87. The molecule has 118 valence electrons. The summed E-state index contributed by atoms with van der Waals surface area (Å²) in [6.45, 7) is 3.65. The first kappa shape index (κ1) is 16.4. The van der Waals surface area contributed by atoms with E-state index in [0.29, 0.717) is 5.56 Å². The number of rotatable bonds is 5. The van der Waals surface area contributed by atoms with Crippen LogP contribution in [0.3, 0.4) is 0 Å². The first-order chi connectivity index (χ1) is 11.0. The predicted molar refractivity (Wildman–Crippen MR) is 87.8 cm³/mol. The van der Waals surface area contributed by atoms with E-state index in [2.05, 4.69) is 0 Å². The highest BCUT2D eigenvalue weighted by Gasteiger charge is 2.13. The smallest absolute Gasteiger partial charge is 0.331 e. The number of carbonyl (C=O) groups is 1. The fourth-order valence-corrected chi connectivity index (χ4v) is 2.11. The molecule has 2 aromatic carbocycles. The number of carbonyl (C=O) groups excluding carboxylic acids is 1. The number of nitro groups is 1. The average molecular weight is 311 g/mol. The summed E-state index contributed by atoms with van der Waals surface area (Å²) < 4.78 is 5.27. The zero-order valence-electron chi connectivity index (χ0n) is 12.9. The number of ether oxygens (including phenoxy) is 1. The van der Waals surface area contributed by atoms with Gasteiger partial charge in [-0.2, -0.15) is 0 Å². The van der Waals surface area contributed by atoms with Crippen molar-refractivity contribution in [1.82, 2.24) is 0 Å². The molecule has 2 aromatic rings. The summed E-state index contributed by atoms with van der Waals surface area (Å²) >= 11 is 0. The molecular formula is C18H17NO4. The molecule has 0 heterocycles. The lowest BCUT2D eigenvalue weighted by Crippen LogP contribution is -2.06. The summed E-state index contributed by atoms with van der Waals surface area (Å²) in [7, 11) is 0. The van der Waals surface area contributed by atoms with E-state index in [-0.39, 0.29) is 5.69 Å². The Morgan fingerprint density at radius 2 is 1.96 bits per heavy atom. The van der Waals surface area contributed by atoms with Crippen molar-refractivity contribution in [2.45, 2.75) is 20.0 Å². The molecule has 0 unspecified atom stereocenters. The van der Waals surface area contributed by atoms with Gasteiger partial charge in [-0.25, -0.2) is 4.79 Å². The van der Waals surface area contributed by atoms with Gasteiger partial charge < -0.3 is 4.74 Å². The van der Waals surface area contributed by atoms with Crippen LogP contribution in [0.1, 0.15) is 29.7 Å². The lowest BCUT2D eigenvalue weighted by molar-refractivity contribution is -0.385. The van der Waals surface area contributed by atoms with Gasteiger partial charge >= 0.3 is 5.97 Å². The second-order valence-corrected chi connectivity index (χ2v) is 5.18. The van der Waals surface area contributed by atoms with Gasteiger partial charge in [-0.05, 0) is 31.1 Å². The van der Waals surface area contributed by atoms with Crippen molar-refractivity contribution in [2.24, 2.45) is 0 Å². The summed E-state index contributed by atoms with van der Waals surface area (Å²) in [5, 5.41) is 10.8. The molecule has 2 rings (SSSR count). The third-order valence-corrected chi connectivity index (χ3v) is 3.30. The minimum Gasteiger partial charge on any atom is -0.455 e. The Kier molecular flexibility index (Phi) is 5.25. The number of hydrogen-bond acceptors (Lipinski definition) is 4. The molecule has 5 heteroatoms. The molecule has 1 atom stereocenters. The fourth-order valence-electron chi connectivity index (χ4n) is 2.11. The minimum atomic E-state index is -0.565. The van der Waals surface area contributed by atoms with Crippen LogP contribution in [0.15, 0.2) is 54.6 Å². The van der Waals surface area contributed by atoms with Gasteiger partial charge in [0.05, 0.1) is 4.92 Å². The summed E-state index contributed by atoms with van der Waals surface area (Å²) in [5.74, 6) is -0.495. The maximum absolute atomic E-state index is 11.9. The molecule has 23 heavy (non-hydrogen) atoms. The van der Waals surface area contributed by atoms with E-state index in [1.165, 1.54) is 18.2 Å². The maximum atomic E-state index is 11.9. The van der Waals surface area contributed by atoms with Gasteiger partial charge in [-0.15, -0.1) is 0 Å². The van der Waals surface area contributed by atoms with Gasteiger partial charge in [0.15, 0.2) is 0 Å². The molecule has 0 N–H and O–H groups in total. The maximum Gasteiger partial charge on any atom is 0.331 e. The van der Waals surface area contributed by atoms with Crippen LogP contribution in [0.5, 0.6) is 0 Å². The molecule has 0 saturated heterocycles. The Morgan fingerprint density at radius 1 is 1.22 bits per heavy atom. The van der Waals surface area contributed by atoms with E-state index in [4.69, 9.17) is 4.74 Å². The molecule has 0 radical (unpaired) electrons. The minimum absolute atomic E-state index is 0.0271. The SMILES string of the molecule is Cc1cccc(/C=C/C(=O)O[C@H](C)c2cccc([N+](=O)[O-])c2)c1. The van der Waals surface area contributed by atoms with E-state index < -0.39 is 17.0 Å². The number of nitrogens with zero attached hydrogens (tertiary/aromatic N) is 1. The van der Waals surface area contributed by atoms with Crippen molar-refractivity contribution >= 4 is 17.7 Å². The number of aryl methyl sites for hydroxylation is 1. The van der Waals surface area contributed by atoms with Crippen molar-refractivity contribution in [3.8, 4) is 0 Å². The van der Waals surface area contributed by atoms with Crippen molar-refractivity contribution in [3.05, 3.63) is 81.4 Å². The van der Waals surface area contributed by atoms with Gasteiger partial charge in [0.1, 0.15) is 6.10 Å². The zero-order valence-corrected chi connectivity index (χ0v) is 12.9. The lowest BCUT2D eigenvalue weighted by atomic mass is 10.1. The van der Waals surface area contributed by atoms with Crippen LogP contribution >= 0.6 is 0 Å². The molecule has 0 aliphatic carbocycles. The van der Waals surface area contributed by atoms with Crippen molar-refractivity contribution < 1.29 is 14.5 Å². The van der Waals surface area contributed by atoms with Crippen LogP contribution in [0, 0.1) is 17.0 Å². The second-order valence-electron chi connectivity index (χ2n) is 5.18. The highest BCUT2D eigenvalue weighted by Crippen LogP contribution is 2.22. The van der Waals surface area contributed by atoms with Crippen molar-refractivity contribution in [1.29, 1.82) is 0 Å². The number of hydrogen-bond donors (Lipinski definition) is 0. The molecule has 0 spiro atoms. The first-order valence-corrected chi connectivity index (χ1v) is 7.15. The van der Waals surface area contributed by atoms with Gasteiger partial charge in [0, 0.05) is 18.2 Å². The summed E-state index contributed by atoms with van der Waals surface area (Å²) in [6.07, 6.45) is 2.46. The summed E-state index contributed by atoms with van der Waals surface area (Å²) in [4.78, 5) is 22.2. The van der Waals surface area contributed by atoms with Crippen molar-refractivity contribution in [3.63, 3.8) is 0 Å². The highest BCUT2D eigenvalue weighted by atomic mass is 16.6. The van der Waals surface area contributed by atoms with Gasteiger partial charge in [-0.1, -0.05) is 42.0 Å². The Morgan fingerprint density at radius 3 is 2.65 bits per heavy atom. The molecule has 0 aliphatic heterocycles. The zero-order chi connectivity index (χ0) is 16.8. The van der Waals surface area contributed by atoms with E-state index >= 15 is 0 Å². The third-order valence-electron chi connectivity index (χ3n) is 3.30. The first-order valence-electron chi connectivity index (χ1n) is 7.15. The summed E-state index contributed by atoms with van der Waals surface area (Å²) in [5.41, 5.74) is 2.56. The van der Waals surface area contributed by atoms with Crippen LogP contribution in [0.25, 0.3) is 6.08 Å². The third kappa shape index (κ3) is 4.78. The van der Waals surface area contributed by atoms with Crippen molar-refractivity contribution in [2.75, 3.05) is 0 Å². The molecule has 0 aromatic heterocycles. The standard InChI is InChI=1S/C18H17NO4/c1-13-5-3-6-15(11-13)9-10-18(20)23-14(2)16-7-4-8-17(12-16)19(21)22/h3-12,14H,1-2H3/b10-9+/t14-/m1/s1. The van der Waals surface area contributed by atoms with Gasteiger partial charge in [-0.3, -0.25) is 10.1 Å². The topological polar surface area (TPSA) is 69.4 Å². The second kappa shape index (κ2) is 7.35. The average Bonchev–Trinajstić information content (AvgIpc) is 2.53. The Bertz CT molecular complexity index is 752. The number of esters is 1. The quantitative estimate of drug-likeness (QED) is 0.359. The molecular weight excluding hydrogens is 294 g/mol. The summed E-state index contributed by atoms with van der Waals surface area (Å²) in [6, 6.07) is 13.8. The van der Waals surface area contributed by atoms with Crippen LogP contribution < -0.4 is 0 Å². The van der Waals surface area contributed by atoms with Gasteiger partial charge in [0.25, 0.3) is 5.69 Å². The van der Waals surface area contributed by atoms with E-state index in [1.807, 2.05) is 31.2 Å². The van der Waals surface area contributed by atoms with Gasteiger partial charge in [0.2, 0.25) is 0 Å². The number of nitro benzene ring substituents is 1. The molecule has 0 aliphatic rings. The molecule has 0 amide bonds. The molecule has 5 nitrogen and oxygen atoms in total. The Hall–Kier alpha value is -2.95. The van der Waals surface area contributed by atoms with E-state index in [9.17, 15) is 14.9 Å². The van der Waals surface area contributed by atoms with Crippen LogP contribution in [-0.2, 0) is 9.53 Å². The normalized spacial score (nSPS) is 12.1. The van der Waals surface area contributed by atoms with E-state index in [1.54, 1.807) is 25.1 Å².